The van der Waals surface area contributed by atoms with E-state index < -0.39 is 6.35 Å². The monoisotopic (exact) mass is 476 g/mol. The van der Waals surface area contributed by atoms with Gasteiger partial charge in [-0.15, -0.1) is 0 Å². The second-order valence-electron chi connectivity index (χ2n) is 8.12. The number of hydrogen-bond donors (Lipinski definition) is 4. The molecule has 1 aromatic rings. The van der Waals surface area contributed by atoms with Crippen LogP contribution in [0.4, 0.5) is 0 Å². The fraction of sp³-hybridized carbons (Fsp3) is 0.667. The summed E-state index contributed by atoms with van der Waals surface area (Å²) in [5.41, 5.74) is 9.31. The Morgan fingerprint density at radius 2 is 2.18 bits per heavy atom. The maximum absolute atomic E-state index is 12.1. The predicted octanol–water partition coefficient (Wildman–Crippen LogP) is 1.35. The number of hydrogen-bond acceptors (Lipinski definition) is 8. The molecule has 12 heteroatoms. The van der Waals surface area contributed by atoms with E-state index in [2.05, 4.69) is 42.8 Å². The summed E-state index contributed by atoms with van der Waals surface area (Å²) in [6.07, 6.45) is 4.19. The highest BCUT2D eigenvalue weighted by Crippen LogP contribution is 2.38. The van der Waals surface area contributed by atoms with Crippen molar-refractivity contribution in [3.63, 3.8) is 0 Å². The first-order valence-corrected chi connectivity index (χ1v) is 12.4. The summed E-state index contributed by atoms with van der Waals surface area (Å²) >= 11 is 1.96. The zero-order chi connectivity index (χ0) is 23.6. The number of likely N-dealkylation sites (N-methyl/N-ethyl adjacent to an activating group) is 1. The molecule has 2 saturated heterocycles. The Morgan fingerprint density at radius 3 is 2.91 bits per heavy atom. The van der Waals surface area contributed by atoms with Crippen LogP contribution in [-0.2, 0) is 11.3 Å². The molecule has 11 nitrogen and oxygen atoms in total. The minimum atomic E-state index is -0.542. The Bertz CT molecular complexity index is 848. The van der Waals surface area contributed by atoms with Crippen molar-refractivity contribution in [2.24, 2.45) is 5.11 Å². The standard InChI is InChI=1S/C21H32N8O3S/c1-2-29-19-16(27-21(29)32)13-33-17(19)5-3-4-6-18(30)23-9-10-24-20(31)14-7-8-15(25-11-14)12-26-28-22/h7-8,11,16-17,19,21,27,32H,2-6,9-10,12-13H2,1H3,(H,23,30)(H,24,31). The van der Waals surface area contributed by atoms with E-state index >= 15 is 0 Å². The molecule has 180 valence electrons. The SMILES string of the molecule is CCN1C(O)NC2CSC(CCCCC(=O)NCCNC(=O)c3ccc(CN=[N+]=[N-])nc3)C21. The van der Waals surface area contributed by atoms with Crippen molar-refractivity contribution in [2.45, 2.75) is 62.8 Å². The number of carbonyl (C=O) groups excluding carboxylic acids is 2. The van der Waals surface area contributed by atoms with Crippen LogP contribution in [0.1, 0.15) is 48.7 Å². The summed E-state index contributed by atoms with van der Waals surface area (Å²) in [7, 11) is 0. The fourth-order valence-electron chi connectivity index (χ4n) is 4.32. The topological polar surface area (TPSA) is 155 Å². The van der Waals surface area contributed by atoms with Crippen LogP contribution in [0.5, 0.6) is 0 Å². The molecule has 3 heterocycles. The molecule has 4 atom stereocenters. The second kappa shape index (κ2) is 12.8. The summed E-state index contributed by atoms with van der Waals surface area (Å²) in [6.45, 7) is 3.73. The van der Waals surface area contributed by atoms with E-state index in [-0.39, 0.29) is 18.4 Å². The Hall–Kier alpha value is -2.37. The number of unbranched alkanes of at least 4 members (excludes halogenated alkanes) is 1. The van der Waals surface area contributed by atoms with E-state index in [1.165, 1.54) is 6.20 Å². The first-order valence-electron chi connectivity index (χ1n) is 11.4. The molecule has 2 aliphatic rings. The van der Waals surface area contributed by atoms with Gasteiger partial charge >= 0.3 is 0 Å². The summed E-state index contributed by atoms with van der Waals surface area (Å²) in [5, 5.41) is 22.9. The van der Waals surface area contributed by atoms with Crippen LogP contribution >= 0.6 is 11.8 Å². The predicted molar refractivity (Wildman–Crippen MR) is 126 cm³/mol. The van der Waals surface area contributed by atoms with Crippen LogP contribution in [0.3, 0.4) is 0 Å². The lowest BCUT2D eigenvalue weighted by atomic mass is 10.0. The van der Waals surface area contributed by atoms with Gasteiger partial charge in [-0.2, -0.15) is 11.8 Å². The van der Waals surface area contributed by atoms with Crippen LogP contribution in [0.15, 0.2) is 23.4 Å². The number of fused-ring (bicyclic) bond motifs is 1. The molecular formula is C21H32N8O3S. The number of aliphatic hydroxyl groups excluding tert-OH is 1. The molecule has 0 spiro atoms. The highest BCUT2D eigenvalue weighted by molar-refractivity contribution is 8.00. The number of pyridine rings is 1. The number of aliphatic hydroxyl groups is 1. The fourth-order valence-corrected chi connectivity index (χ4v) is 5.94. The van der Waals surface area contributed by atoms with E-state index in [0.29, 0.717) is 48.1 Å². The molecule has 4 N–H and O–H groups in total. The maximum atomic E-state index is 12.1. The molecule has 0 aliphatic carbocycles. The molecule has 0 radical (unpaired) electrons. The molecule has 2 amide bonds. The van der Waals surface area contributed by atoms with Crippen molar-refractivity contribution >= 4 is 23.6 Å². The van der Waals surface area contributed by atoms with Gasteiger partial charge in [0.2, 0.25) is 5.91 Å². The van der Waals surface area contributed by atoms with Crippen LogP contribution in [0.25, 0.3) is 10.4 Å². The van der Waals surface area contributed by atoms with Crippen molar-refractivity contribution in [2.75, 3.05) is 25.4 Å². The minimum absolute atomic E-state index is 0.0154. The van der Waals surface area contributed by atoms with E-state index in [9.17, 15) is 14.7 Å². The highest BCUT2D eigenvalue weighted by atomic mass is 32.2. The Labute approximate surface area is 197 Å². The summed E-state index contributed by atoms with van der Waals surface area (Å²) in [4.78, 5) is 33.1. The first kappa shape index (κ1) is 25.3. The van der Waals surface area contributed by atoms with Crippen molar-refractivity contribution in [1.82, 2.24) is 25.8 Å². The van der Waals surface area contributed by atoms with E-state index in [0.717, 1.165) is 31.6 Å². The molecule has 2 aliphatic heterocycles. The molecule has 4 unspecified atom stereocenters. The number of thioether (sulfide) groups is 1. The quantitative estimate of drug-likeness (QED) is 0.154. The molecule has 0 saturated carbocycles. The lowest BCUT2D eigenvalue weighted by molar-refractivity contribution is -0.121. The number of azide groups is 1. The van der Waals surface area contributed by atoms with Crippen LogP contribution in [0, 0.1) is 0 Å². The van der Waals surface area contributed by atoms with Crippen LogP contribution in [-0.4, -0.2) is 75.9 Å². The molecular weight excluding hydrogens is 444 g/mol. The second-order valence-corrected chi connectivity index (χ2v) is 9.39. The normalized spacial score (nSPS) is 24.2. The summed E-state index contributed by atoms with van der Waals surface area (Å²) in [5.74, 6) is 0.732. The van der Waals surface area contributed by atoms with Gasteiger partial charge in [0.15, 0.2) is 6.35 Å². The lowest BCUT2D eigenvalue weighted by Crippen LogP contribution is -2.42. The van der Waals surface area contributed by atoms with E-state index in [1.807, 2.05) is 11.8 Å². The van der Waals surface area contributed by atoms with Gasteiger partial charge in [-0.3, -0.25) is 24.8 Å². The van der Waals surface area contributed by atoms with E-state index in [1.54, 1.807) is 12.1 Å². The smallest absolute Gasteiger partial charge is 0.252 e. The number of rotatable bonds is 12. The van der Waals surface area contributed by atoms with Crippen LogP contribution in [0.2, 0.25) is 0 Å². The largest absolute Gasteiger partial charge is 0.365 e. The average molecular weight is 477 g/mol. The molecule has 0 bridgehead atoms. The first-order chi connectivity index (χ1) is 16.0. The Balaban J connectivity index is 1.26. The van der Waals surface area contributed by atoms with Gasteiger partial charge in [0, 0.05) is 59.4 Å². The minimum Gasteiger partial charge on any atom is -0.365 e. The van der Waals surface area contributed by atoms with Gasteiger partial charge in [-0.25, -0.2) is 0 Å². The van der Waals surface area contributed by atoms with Gasteiger partial charge in [-0.1, -0.05) is 18.5 Å². The summed E-state index contributed by atoms with van der Waals surface area (Å²) in [6, 6.07) is 3.97. The number of nitrogens with one attached hydrogen (secondary N) is 3. The number of nitrogens with zero attached hydrogens (tertiary/aromatic N) is 5. The Morgan fingerprint density at radius 1 is 1.36 bits per heavy atom. The van der Waals surface area contributed by atoms with Crippen molar-refractivity contribution in [3.05, 3.63) is 40.0 Å². The molecule has 33 heavy (non-hydrogen) atoms. The highest BCUT2D eigenvalue weighted by Gasteiger charge is 2.47. The average Bonchev–Trinajstić information content (AvgIpc) is 3.35. The van der Waals surface area contributed by atoms with Crippen LogP contribution < -0.4 is 16.0 Å². The van der Waals surface area contributed by atoms with Gasteiger partial charge in [0.25, 0.3) is 5.91 Å². The number of carbonyl (C=O) groups is 2. The third-order valence-electron chi connectivity index (χ3n) is 5.97. The van der Waals surface area contributed by atoms with Crippen molar-refractivity contribution in [1.29, 1.82) is 0 Å². The Kier molecular flexibility index (Phi) is 9.76. The zero-order valence-electron chi connectivity index (χ0n) is 18.8. The van der Waals surface area contributed by atoms with Gasteiger partial charge in [0.1, 0.15) is 0 Å². The summed E-state index contributed by atoms with van der Waals surface area (Å²) < 4.78 is 0. The van der Waals surface area contributed by atoms with Crippen molar-refractivity contribution in [3.8, 4) is 0 Å². The van der Waals surface area contributed by atoms with Gasteiger partial charge in [0.05, 0.1) is 12.1 Å². The zero-order valence-corrected chi connectivity index (χ0v) is 19.6. The maximum Gasteiger partial charge on any atom is 0.252 e. The third-order valence-corrected chi connectivity index (χ3v) is 7.46. The molecule has 1 aromatic heterocycles. The van der Waals surface area contributed by atoms with Crippen molar-refractivity contribution < 1.29 is 14.7 Å². The number of aromatic nitrogens is 1. The van der Waals surface area contributed by atoms with E-state index in [4.69, 9.17) is 5.53 Å². The third kappa shape index (κ3) is 7.05. The molecule has 2 fully saturated rings. The lowest BCUT2D eigenvalue weighted by Gasteiger charge is -2.28. The van der Waals surface area contributed by atoms with Gasteiger partial charge in [-0.05, 0) is 37.1 Å². The molecule has 0 aromatic carbocycles. The van der Waals surface area contributed by atoms with Gasteiger partial charge < -0.3 is 15.7 Å². The number of amides is 2. The molecule has 3 rings (SSSR count).